The van der Waals surface area contributed by atoms with Crippen molar-refractivity contribution >= 4 is 17.5 Å². The van der Waals surface area contributed by atoms with Crippen LogP contribution in [0.2, 0.25) is 5.02 Å². The Morgan fingerprint density at radius 3 is 2.89 bits per heavy atom. The quantitative estimate of drug-likeness (QED) is 0.843. The largest absolute Gasteiger partial charge is 0.355 e. The lowest BCUT2D eigenvalue weighted by Crippen LogP contribution is -2.46. The van der Waals surface area contributed by atoms with Crippen molar-refractivity contribution in [3.63, 3.8) is 0 Å². The number of halogens is 1. The summed E-state index contributed by atoms with van der Waals surface area (Å²) >= 11 is 5.89. The van der Waals surface area contributed by atoms with Crippen LogP contribution in [0.3, 0.4) is 0 Å². The molecule has 0 saturated carbocycles. The molecule has 1 aromatic carbocycles. The van der Waals surface area contributed by atoms with E-state index >= 15 is 0 Å². The Balaban J connectivity index is 1.67. The highest BCUT2D eigenvalue weighted by atomic mass is 35.5. The maximum atomic E-state index is 11.8. The second kappa shape index (κ2) is 7.48. The second-order valence-corrected chi connectivity index (χ2v) is 5.18. The first-order chi connectivity index (χ1) is 9.24. The van der Waals surface area contributed by atoms with E-state index in [4.69, 9.17) is 11.6 Å². The Hall–Kier alpha value is -1.10. The third kappa shape index (κ3) is 5.19. The van der Waals surface area contributed by atoms with Crippen LogP contribution < -0.4 is 10.6 Å². The summed E-state index contributed by atoms with van der Waals surface area (Å²) in [6.07, 6.45) is 0.391. The van der Waals surface area contributed by atoms with Gasteiger partial charge >= 0.3 is 0 Å². The fourth-order valence-electron chi connectivity index (χ4n) is 2.18. The molecular weight excluding hydrogens is 262 g/mol. The van der Waals surface area contributed by atoms with Crippen LogP contribution in [0.4, 0.5) is 0 Å². The highest BCUT2D eigenvalue weighted by molar-refractivity contribution is 6.30. The van der Waals surface area contributed by atoms with E-state index in [1.165, 1.54) is 0 Å². The molecule has 2 N–H and O–H groups in total. The third-order valence-electron chi connectivity index (χ3n) is 3.21. The van der Waals surface area contributed by atoms with Crippen molar-refractivity contribution in [2.75, 3.05) is 39.3 Å². The predicted molar refractivity (Wildman–Crippen MR) is 77.5 cm³/mol. The smallest absolute Gasteiger partial charge is 0.224 e. The first-order valence-corrected chi connectivity index (χ1v) is 7.06. The first-order valence-electron chi connectivity index (χ1n) is 6.68. The second-order valence-electron chi connectivity index (χ2n) is 4.75. The summed E-state index contributed by atoms with van der Waals surface area (Å²) in [4.78, 5) is 14.1. The molecular formula is C14H20ClN3O. The summed E-state index contributed by atoms with van der Waals surface area (Å²) in [7, 11) is 0. The number of amides is 1. The number of hydrogen-bond donors (Lipinski definition) is 2. The molecule has 0 aliphatic carbocycles. The maximum Gasteiger partial charge on any atom is 0.224 e. The van der Waals surface area contributed by atoms with Gasteiger partial charge in [0.2, 0.25) is 5.91 Å². The van der Waals surface area contributed by atoms with Gasteiger partial charge in [-0.3, -0.25) is 9.69 Å². The van der Waals surface area contributed by atoms with Gasteiger partial charge in [0.15, 0.2) is 0 Å². The molecule has 1 amide bonds. The monoisotopic (exact) mass is 281 g/mol. The number of carbonyl (C=O) groups excluding carboxylic acids is 1. The Kier molecular flexibility index (Phi) is 5.63. The van der Waals surface area contributed by atoms with Gasteiger partial charge in [-0.2, -0.15) is 0 Å². The highest BCUT2D eigenvalue weighted by Gasteiger charge is 2.09. The van der Waals surface area contributed by atoms with Gasteiger partial charge in [0, 0.05) is 44.3 Å². The summed E-state index contributed by atoms with van der Waals surface area (Å²) in [5.74, 6) is 0.0531. The number of piperazine rings is 1. The number of benzene rings is 1. The van der Waals surface area contributed by atoms with Crippen LogP contribution in [0, 0.1) is 0 Å². The standard InChI is InChI=1S/C14H20ClN3O/c15-13-3-1-2-12(10-13)11-14(19)17-6-9-18-7-4-16-5-8-18/h1-3,10,16H,4-9,11H2,(H,17,19). The SMILES string of the molecule is O=C(Cc1cccc(Cl)c1)NCCN1CCNCC1. The van der Waals surface area contributed by atoms with E-state index in [1.54, 1.807) is 0 Å². The lowest BCUT2D eigenvalue weighted by atomic mass is 10.1. The molecule has 1 aromatic rings. The molecule has 1 saturated heterocycles. The summed E-state index contributed by atoms with van der Waals surface area (Å²) in [6, 6.07) is 7.43. The van der Waals surface area contributed by atoms with E-state index in [0.29, 0.717) is 18.0 Å². The van der Waals surface area contributed by atoms with Crippen molar-refractivity contribution < 1.29 is 4.79 Å². The van der Waals surface area contributed by atoms with Crippen LogP contribution in [0.5, 0.6) is 0 Å². The molecule has 1 aliphatic heterocycles. The molecule has 1 aliphatic rings. The molecule has 0 bridgehead atoms. The Labute approximate surface area is 119 Å². The van der Waals surface area contributed by atoms with E-state index < -0.39 is 0 Å². The van der Waals surface area contributed by atoms with E-state index in [1.807, 2.05) is 24.3 Å². The topological polar surface area (TPSA) is 44.4 Å². The summed E-state index contributed by atoms with van der Waals surface area (Å²) < 4.78 is 0. The van der Waals surface area contributed by atoms with E-state index in [2.05, 4.69) is 15.5 Å². The molecule has 2 rings (SSSR count). The minimum absolute atomic E-state index is 0.0531. The van der Waals surface area contributed by atoms with Crippen molar-refractivity contribution in [2.24, 2.45) is 0 Å². The Morgan fingerprint density at radius 2 is 2.16 bits per heavy atom. The van der Waals surface area contributed by atoms with Crippen LogP contribution in [0.25, 0.3) is 0 Å². The molecule has 1 fully saturated rings. The number of nitrogens with zero attached hydrogens (tertiary/aromatic N) is 1. The minimum atomic E-state index is 0.0531. The van der Waals surface area contributed by atoms with Crippen molar-refractivity contribution in [1.29, 1.82) is 0 Å². The zero-order valence-electron chi connectivity index (χ0n) is 11.0. The van der Waals surface area contributed by atoms with Gasteiger partial charge in [0.05, 0.1) is 6.42 Å². The lowest BCUT2D eigenvalue weighted by molar-refractivity contribution is -0.120. The first kappa shape index (κ1) is 14.3. The van der Waals surface area contributed by atoms with Crippen LogP contribution >= 0.6 is 11.6 Å². The Morgan fingerprint density at radius 1 is 1.37 bits per heavy atom. The minimum Gasteiger partial charge on any atom is -0.355 e. The summed E-state index contributed by atoms with van der Waals surface area (Å²) in [6.45, 7) is 5.82. The molecule has 19 heavy (non-hydrogen) atoms. The van der Waals surface area contributed by atoms with Gasteiger partial charge in [-0.05, 0) is 17.7 Å². The average Bonchev–Trinajstić information content (AvgIpc) is 2.40. The number of hydrogen-bond acceptors (Lipinski definition) is 3. The normalized spacial score (nSPS) is 16.3. The predicted octanol–water partition coefficient (Wildman–Crippen LogP) is 0.904. The molecule has 0 unspecified atom stereocenters. The van der Waals surface area contributed by atoms with Crippen LogP contribution in [0.15, 0.2) is 24.3 Å². The van der Waals surface area contributed by atoms with Crippen molar-refractivity contribution in [3.05, 3.63) is 34.9 Å². The van der Waals surface area contributed by atoms with Gasteiger partial charge in [0.1, 0.15) is 0 Å². The highest BCUT2D eigenvalue weighted by Crippen LogP contribution is 2.10. The van der Waals surface area contributed by atoms with E-state index in [9.17, 15) is 4.79 Å². The molecule has 0 radical (unpaired) electrons. The fourth-order valence-corrected chi connectivity index (χ4v) is 2.40. The van der Waals surface area contributed by atoms with Crippen molar-refractivity contribution in [2.45, 2.75) is 6.42 Å². The average molecular weight is 282 g/mol. The van der Waals surface area contributed by atoms with Gasteiger partial charge in [-0.15, -0.1) is 0 Å². The van der Waals surface area contributed by atoms with Crippen molar-refractivity contribution in [1.82, 2.24) is 15.5 Å². The maximum absolute atomic E-state index is 11.8. The Bertz CT molecular complexity index is 419. The number of carbonyl (C=O) groups is 1. The number of rotatable bonds is 5. The summed E-state index contributed by atoms with van der Waals surface area (Å²) in [5, 5.41) is 6.94. The molecule has 1 heterocycles. The zero-order valence-corrected chi connectivity index (χ0v) is 11.7. The van der Waals surface area contributed by atoms with Crippen LogP contribution in [-0.4, -0.2) is 50.1 Å². The zero-order chi connectivity index (χ0) is 13.5. The van der Waals surface area contributed by atoms with Crippen LogP contribution in [-0.2, 0) is 11.2 Å². The molecule has 0 spiro atoms. The lowest BCUT2D eigenvalue weighted by Gasteiger charge is -2.27. The van der Waals surface area contributed by atoms with Crippen LogP contribution in [0.1, 0.15) is 5.56 Å². The summed E-state index contributed by atoms with van der Waals surface area (Å²) in [5.41, 5.74) is 0.951. The number of nitrogens with one attached hydrogen (secondary N) is 2. The van der Waals surface area contributed by atoms with E-state index in [0.717, 1.165) is 38.3 Å². The van der Waals surface area contributed by atoms with Gasteiger partial charge in [-0.25, -0.2) is 0 Å². The molecule has 104 valence electrons. The molecule has 0 aromatic heterocycles. The molecule has 5 heteroatoms. The fraction of sp³-hybridized carbons (Fsp3) is 0.500. The van der Waals surface area contributed by atoms with Gasteiger partial charge in [0.25, 0.3) is 0 Å². The molecule has 0 atom stereocenters. The van der Waals surface area contributed by atoms with Gasteiger partial charge < -0.3 is 10.6 Å². The van der Waals surface area contributed by atoms with E-state index in [-0.39, 0.29) is 5.91 Å². The molecule has 4 nitrogen and oxygen atoms in total. The third-order valence-corrected chi connectivity index (χ3v) is 3.45. The van der Waals surface area contributed by atoms with Crippen molar-refractivity contribution in [3.8, 4) is 0 Å². The van der Waals surface area contributed by atoms with Gasteiger partial charge in [-0.1, -0.05) is 23.7 Å².